The van der Waals surface area contributed by atoms with Gasteiger partial charge in [-0.3, -0.25) is 14.5 Å². The molecule has 164 valence electrons. The van der Waals surface area contributed by atoms with E-state index < -0.39 is 23.5 Å². The summed E-state index contributed by atoms with van der Waals surface area (Å²) in [6, 6.07) is 14.9. The van der Waals surface area contributed by atoms with E-state index in [1.807, 2.05) is 25.3 Å². The Balaban J connectivity index is 1.82. The fourth-order valence-electron chi connectivity index (χ4n) is 3.57. The maximum atomic E-state index is 13.5. The first-order valence-electron chi connectivity index (χ1n) is 10.2. The number of carbonyl (C=O) groups is 2. The number of anilines is 1. The van der Waals surface area contributed by atoms with Gasteiger partial charge < -0.3 is 9.84 Å². The van der Waals surface area contributed by atoms with E-state index in [1.165, 1.54) is 40.5 Å². The fourth-order valence-corrected chi connectivity index (χ4v) is 4.39. The van der Waals surface area contributed by atoms with Crippen LogP contribution in [-0.2, 0) is 9.59 Å². The van der Waals surface area contributed by atoms with Crippen LogP contribution in [0.3, 0.4) is 0 Å². The highest BCUT2D eigenvalue weighted by Gasteiger charge is 2.47. The van der Waals surface area contributed by atoms with Gasteiger partial charge in [0.2, 0.25) is 0 Å². The number of halogens is 1. The summed E-state index contributed by atoms with van der Waals surface area (Å²) in [5.74, 6) is -1.41. The predicted octanol–water partition coefficient (Wildman–Crippen LogP) is 5.55. The van der Waals surface area contributed by atoms with E-state index in [1.54, 1.807) is 30.3 Å². The third kappa shape index (κ3) is 4.16. The van der Waals surface area contributed by atoms with Crippen LogP contribution in [0.25, 0.3) is 5.76 Å². The lowest BCUT2D eigenvalue weighted by atomic mass is 9.99. The summed E-state index contributed by atoms with van der Waals surface area (Å²) in [6.45, 7) is 4.57. The second kappa shape index (κ2) is 8.96. The zero-order valence-corrected chi connectivity index (χ0v) is 18.4. The van der Waals surface area contributed by atoms with E-state index in [9.17, 15) is 19.1 Å². The fraction of sp³-hybridized carbons (Fsp3) is 0.200. The number of amides is 1. The molecule has 1 saturated heterocycles. The van der Waals surface area contributed by atoms with Gasteiger partial charge >= 0.3 is 0 Å². The Bertz CT molecular complexity index is 1170. The number of ketones is 1. The smallest absolute Gasteiger partial charge is 0.300 e. The van der Waals surface area contributed by atoms with Crippen LogP contribution in [0.4, 0.5) is 10.1 Å². The lowest BCUT2D eigenvalue weighted by Crippen LogP contribution is -2.29. The molecule has 0 radical (unpaired) electrons. The SMILES string of the molecule is CC(C)COc1cccc(/C(O)=C2/C(=O)C(=O)N(c3ccc(F)cc3)C2c2cccs2)c1. The molecule has 4 rings (SSSR count). The van der Waals surface area contributed by atoms with E-state index in [4.69, 9.17) is 4.74 Å². The van der Waals surface area contributed by atoms with Crippen molar-refractivity contribution in [2.45, 2.75) is 19.9 Å². The number of thiophene rings is 1. The highest BCUT2D eigenvalue weighted by atomic mass is 32.1. The van der Waals surface area contributed by atoms with Crippen LogP contribution in [0.1, 0.15) is 30.3 Å². The number of aliphatic hydroxyl groups excluding tert-OH is 1. The van der Waals surface area contributed by atoms with Crippen molar-refractivity contribution < 1.29 is 23.8 Å². The first kappa shape index (κ1) is 21.8. The molecule has 0 bridgehead atoms. The molecule has 1 fully saturated rings. The molecule has 1 N–H and O–H groups in total. The molecule has 1 atom stereocenters. The average molecular weight is 452 g/mol. The monoisotopic (exact) mass is 451 g/mol. The Morgan fingerprint density at radius 2 is 1.88 bits per heavy atom. The normalized spacial score (nSPS) is 17.9. The number of carbonyl (C=O) groups excluding carboxylic acids is 2. The van der Waals surface area contributed by atoms with Crippen molar-refractivity contribution >= 4 is 34.5 Å². The summed E-state index contributed by atoms with van der Waals surface area (Å²) in [5, 5.41) is 13.0. The number of Topliss-reactive ketones (excluding diaryl/α,β-unsaturated/α-hetero) is 1. The molecule has 0 saturated carbocycles. The molecule has 3 aromatic rings. The van der Waals surface area contributed by atoms with Crippen molar-refractivity contribution in [2.24, 2.45) is 5.92 Å². The van der Waals surface area contributed by atoms with Crippen molar-refractivity contribution in [1.29, 1.82) is 0 Å². The zero-order valence-electron chi connectivity index (χ0n) is 17.6. The predicted molar refractivity (Wildman–Crippen MR) is 122 cm³/mol. The van der Waals surface area contributed by atoms with Gasteiger partial charge in [0.15, 0.2) is 0 Å². The van der Waals surface area contributed by atoms with Gasteiger partial charge in [0, 0.05) is 16.1 Å². The molecule has 32 heavy (non-hydrogen) atoms. The van der Waals surface area contributed by atoms with E-state index in [0.717, 1.165) is 0 Å². The molecule has 2 heterocycles. The van der Waals surface area contributed by atoms with Gasteiger partial charge in [-0.15, -0.1) is 11.3 Å². The van der Waals surface area contributed by atoms with Crippen LogP contribution in [0.5, 0.6) is 5.75 Å². The van der Waals surface area contributed by atoms with E-state index >= 15 is 0 Å². The molecular weight excluding hydrogens is 429 g/mol. The molecule has 1 aliphatic rings. The number of benzene rings is 2. The largest absolute Gasteiger partial charge is 0.507 e. The van der Waals surface area contributed by atoms with Crippen molar-refractivity contribution in [3.05, 3.63) is 87.9 Å². The van der Waals surface area contributed by atoms with Crippen molar-refractivity contribution in [2.75, 3.05) is 11.5 Å². The van der Waals surface area contributed by atoms with Crippen molar-refractivity contribution in [3.63, 3.8) is 0 Å². The Morgan fingerprint density at radius 3 is 2.53 bits per heavy atom. The summed E-state index contributed by atoms with van der Waals surface area (Å²) in [5.41, 5.74) is 0.743. The van der Waals surface area contributed by atoms with Crippen LogP contribution in [0.2, 0.25) is 0 Å². The number of hydrogen-bond acceptors (Lipinski definition) is 5. The summed E-state index contributed by atoms with van der Waals surface area (Å²) in [7, 11) is 0. The molecule has 1 unspecified atom stereocenters. The molecule has 1 amide bonds. The van der Waals surface area contributed by atoms with Gasteiger partial charge in [0.05, 0.1) is 12.2 Å². The Labute approximate surface area is 189 Å². The Hall–Kier alpha value is -3.45. The molecule has 1 aromatic heterocycles. The van der Waals surface area contributed by atoms with Gasteiger partial charge in [-0.05, 0) is 53.8 Å². The topological polar surface area (TPSA) is 66.8 Å². The first-order chi connectivity index (χ1) is 15.4. The molecule has 2 aromatic carbocycles. The maximum Gasteiger partial charge on any atom is 0.300 e. The third-order valence-corrected chi connectivity index (χ3v) is 5.98. The second-order valence-corrected chi connectivity index (χ2v) is 8.87. The number of rotatable bonds is 6. The minimum atomic E-state index is -0.819. The first-order valence-corrected chi connectivity index (χ1v) is 11.1. The standard InChI is InChI=1S/C25H22FNO4S/c1-15(2)14-31-19-6-3-5-16(13-19)23(28)21-22(20-7-4-12-32-20)27(25(30)24(21)29)18-10-8-17(26)9-11-18/h3-13,15,22,28H,14H2,1-2H3/b23-21-. The number of hydrogen-bond donors (Lipinski definition) is 1. The molecule has 5 nitrogen and oxygen atoms in total. The summed E-state index contributed by atoms with van der Waals surface area (Å²) >= 11 is 1.37. The summed E-state index contributed by atoms with van der Waals surface area (Å²) in [6.07, 6.45) is 0. The maximum absolute atomic E-state index is 13.5. The van der Waals surface area contributed by atoms with E-state index in [-0.39, 0.29) is 11.3 Å². The molecule has 0 aliphatic carbocycles. The third-order valence-electron chi connectivity index (χ3n) is 5.05. The van der Waals surface area contributed by atoms with Gasteiger partial charge in [-0.25, -0.2) is 4.39 Å². The number of ether oxygens (including phenoxy) is 1. The van der Waals surface area contributed by atoms with Gasteiger partial charge in [0.1, 0.15) is 23.4 Å². The van der Waals surface area contributed by atoms with Gasteiger partial charge in [-0.2, -0.15) is 0 Å². The van der Waals surface area contributed by atoms with E-state index in [0.29, 0.717) is 34.4 Å². The second-order valence-electron chi connectivity index (χ2n) is 7.89. The van der Waals surface area contributed by atoms with Crippen molar-refractivity contribution in [1.82, 2.24) is 0 Å². The minimum Gasteiger partial charge on any atom is -0.507 e. The minimum absolute atomic E-state index is 0.0113. The Kier molecular flexibility index (Phi) is 6.10. The zero-order chi connectivity index (χ0) is 22.8. The van der Waals surface area contributed by atoms with Crippen LogP contribution in [0, 0.1) is 11.7 Å². The van der Waals surface area contributed by atoms with Crippen molar-refractivity contribution in [3.8, 4) is 5.75 Å². The molecular formula is C25H22FNO4S. The van der Waals surface area contributed by atoms with Gasteiger partial charge in [-0.1, -0.05) is 32.0 Å². The summed E-state index contributed by atoms with van der Waals surface area (Å²) < 4.78 is 19.2. The quantitative estimate of drug-likeness (QED) is 0.303. The van der Waals surface area contributed by atoms with Crippen LogP contribution in [-0.4, -0.2) is 23.4 Å². The van der Waals surface area contributed by atoms with Crippen LogP contribution < -0.4 is 9.64 Å². The average Bonchev–Trinajstić information content (AvgIpc) is 3.40. The van der Waals surface area contributed by atoms with E-state index in [2.05, 4.69) is 0 Å². The van der Waals surface area contributed by atoms with Crippen LogP contribution in [0.15, 0.2) is 71.6 Å². The summed E-state index contributed by atoms with van der Waals surface area (Å²) in [4.78, 5) is 28.1. The Morgan fingerprint density at radius 1 is 1.12 bits per heavy atom. The molecule has 1 aliphatic heterocycles. The lowest BCUT2D eigenvalue weighted by molar-refractivity contribution is -0.132. The molecule has 0 spiro atoms. The number of aliphatic hydroxyl groups is 1. The van der Waals surface area contributed by atoms with Gasteiger partial charge in [0.25, 0.3) is 11.7 Å². The highest BCUT2D eigenvalue weighted by Crippen LogP contribution is 2.43. The highest BCUT2D eigenvalue weighted by molar-refractivity contribution is 7.10. The number of nitrogens with zero attached hydrogens (tertiary/aromatic N) is 1. The molecule has 7 heteroatoms. The lowest BCUT2D eigenvalue weighted by Gasteiger charge is -2.24. The van der Waals surface area contributed by atoms with Crippen LogP contribution >= 0.6 is 11.3 Å².